The summed E-state index contributed by atoms with van der Waals surface area (Å²) in [7, 11) is 0. The highest BCUT2D eigenvalue weighted by Gasteiger charge is 2.28. The Morgan fingerprint density at radius 1 is 1.05 bits per heavy atom. The largest absolute Gasteiger partial charge is 0.370 e. The van der Waals surface area contributed by atoms with Gasteiger partial charge >= 0.3 is 0 Å². The average Bonchev–Trinajstić information content (AvgIpc) is 3.31. The Labute approximate surface area is 123 Å². The molecule has 1 atom stereocenters. The quantitative estimate of drug-likeness (QED) is 0.885. The molecule has 21 heavy (non-hydrogen) atoms. The van der Waals surface area contributed by atoms with Gasteiger partial charge in [-0.1, -0.05) is 30.3 Å². The van der Waals surface area contributed by atoms with Crippen LogP contribution in [0, 0.1) is 5.82 Å². The highest BCUT2D eigenvalue weighted by molar-refractivity contribution is 5.86. The smallest absolute Gasteiger partial charge is 0.247 e. The second-order valence-corrected chi connectivity index (χ2v) is 5.28. The van der Waals surface area contributed by atoms with Crippen LogP contribution in [0.25, 0.3) is 0 Å². The third-order valence-electron chi connectivity index (χ3n) is 3.47. The van der Waals surface area contributed by atoms with Crippen LogP contribution in [-0.2, 0) is 4.79 Å². The van der Waals surface area contributed by atoms with E-state index in [2.05, 4.69) is 10.6 Å². The van der Waals surface area contributed by atoms with Crippen molar-refractivity contribution in [3.05, 3.63) is 66.0 Å². The average molecular weight is 284 g/mol. The Bertz CT molecular complexity index is 608. The maximum absolute atomic E-state index is 13.1. The number of anilines is 1. The molecule has 2 aromatic carbocycles. The molecule has 0 radical (unpaired) electrons. The van der Waals surface area contributed by atoms with E-state index in [-0.39, 0.29) is 17.8 Å². The van der Waals surface area contributed by atoms with Crippen LogP contribution in [0.4, 0.5) is 10.1 Å². The molecule has 4 heteroatoms. The van der Waals surface area contributed by atoms with Crippen LogP contribution >= 0.6 is 0 Å². The lowest BCUT2D eigenvalue weighted by Crippen LogP contribution is -2.34. The number of carbonyl (C=O) groups is 1. The zero-order chi connectivity index (χ0) is 14.7. The Balaban J connectivity index is 1.82. The van der Waals surface area contributed by atoms with Crippen LogP contribution in [0.3, 0.4) is 0 Å². The van der Waals surface area contributed by atoms with E-state index in [9.17, 15) is 9.18 Å². The van der Waals surface area contributed by atoms with Gasteiger partial charge in [-0.05, 0) is 42.7 Å². The third kappa shape index (κ3) is 3.60. The number of nitrogens with one attached hydrogen (secondary N) is 2. The fraction of sp³-hybridized carbons (Fsp3) is 0.235. The molecule has 1 amide bonds. The maximum Gasteiger partial charge on any atom is 0.247 e. The van der Waals surface area contributed by atoms with Gasteiger partial charge in [-0.2, -0.15) is 0 Å². The minimum atomic E-state index is -0.520. The summed E-state index contributed by atoms with van der Waals surface area (Å²) in [6.45, 7) is 0. The van der Waals surface area contributed by atoms with E-state index in [1.165, 1.54) is 12.1 Å². The molecule has 1 aliphatic rings. The molecule has 0 unspecified atom stereocenters. The third-order valence-corrected chi connectivity index (χ3v) is 3.47. The standard InChI is InChI=1S/C17H17FN2O/c18-13-8-6-12(7-9-13)16(17(21)20-15-10-11-15)19-14-4-2-1-3-5-14/h1-9,15-16,19H,10-11H2,(H,20,21)/t16-/m0/s1. The summed E-state index contributed by atoms with van der Waals surface area (Å²) >= 11 is 0. The second kappa shape index (κ2) is 5.95. The summed E-state index contributed by atoms with van der Waals surface area (Å²) in [6.07, 6.45) is 2.07. The number of carbonyl (C=O) groups excluding carboxylic acids is 1. The molecule has 2 N–H and O–H groups in total. The number of hydrogen-bond donors (Lipinski definition) is 2. The van der Waals surface area contributed by atoms with E-state index < -0.39 is 6.04 Å². The van der Waals surface area contributed by atoms with Gasteiger partial charge in [0.25, 0.3) is 0 Å². The van der Waals surface area contributed by atoms with Crippen LogP contribution in [0.2, 0.25) is 0 Å². The molecule has 2 aromatic rings. The van der Waals surface area contributed by atoms with Crippen LogP contribution in [-0.4, -0.2) is 11.9 Å². The SMILES string of the molecule is O=C(NC1CC1)[C@@H](Nc1ccccc1)c1ccc(F)cc1. The van der Waals surface area contributed by atoms with Crippen LogP contribution in [0.15, 0.2) is 54.6 Å². The van der Waals surface area contributed by atoms with Gasteiger partial charge in [0, 0.05) is 11.7 Å². The molecule has 3 nitrogen and oxygen atoms in total. The van der Waals surface area contributed by atoms with Crippen molar-refractivity contribution in [1.82, 2.24) is 5.32 Å². The first-order valence-corrected chi connectivity index (χ1v) is 7.10. The van der Waals surface area contributed by atoms with Gasteiger partial charge in [-0.25, -0.2) is 4.39 Å². The van der Waals surface area contributed by atoms with Gasteiger partial charge in [0.05, 0.1) is 0 Å². The Morgan fingerprint density at radius 2 is 1.71 bits per heavy atom. The van der Waals surface area contributed by atoms with Crippen LogP contribution < -0.4 is 10.6 Å². The van der Waals surface area contributed by atoms with Gasteiger partial charge in [0.1, 0.15) is 11.9 Å². The van der Waals surface area contributed by atoms with Gasteiger partial charge in [0.15, 0.2) is 0 Å². The van der Waals surface area contributed by atoms with Gasteiger partial charge in [-0.15, -0.1) is 0 Å². The van der Waals surface area contributed by atoms with Crippen LogP contribution in [0.1, 0.15) is 24.4 Å². The molecule has 0 bridgehead atoms. The monoisotopic (exact) mass is 284 g/mol. The zero-order valence-corrected chi connectivity index (χ0v) is 11.6. The first-order chi connectivity index (χ1) is 10.2. The second-order valence-electron chi connectivity index (χ2n) is 5.28. The predicted octanol–water partition coefficient (Wildman–Crippen LogP) is 3.26. The first kappa shape index (κ1) is 13.6. The summed E-state index contributed by atoms with van der Waals surface area (Å²) in [5, 5.41) is 6.21. The van der Waals surface area contributed by atoms with E-state index in [1.54, 1.807) is 12.1 Å². The number of para-hydroxylation sites is 1. The number of amides is 1. The molecule has 0 heterocycles. The zero-order valence-electron chi connectivity index (χ0n) is 11.6. The minimum Gasteiger partial charge on any atom is -0.370 e. The van der Waals surface area contributed by atoms with E-state index in [4.69, 9.17) is 0 Å². The summed E-state index contributed by atoms with van der Waals surface area (Å²) < 4.78 is 13.1. The number of rotatable bonds is 5. The molecule has 0 spiro atoms. The van der Waals surface area contributed by atoms with Crippen molar-refractivity contribution in [2.45, 2.75) is 24.9 Å². The number of hydrogen-bond acceptors (Lipinski definition) is 2. The molecule has 1 saturated carbocycles. The number of halogens is 1. The predicted molar refractivity (Wildman–Crippen MR) is 80.4 cm³/mol. The molecule has 0 aliphatic heterocycles. The highest BCUT2D eigenvalue weighted by atomic mass is 19.1. The molecule has 108 valence electrons. The topological polar surface area (TPSA) is 41.1 Å². The fourth-order valence-electron chi connectivity index (χ4n) is 2.17. The normalized spacial score (nSPS) is 15.3. The first-order valence-electron chi connectivity index (χ1n) is 7.10. The van der Waals surface area contributed by atoms with E-state index in [1.807, 2.05) is 30.3 Å². The van der Waals surface area contributed by atoms with Crippen molar-refractivity contribution in [1.29, 1.82) is 0 Å². The lowest BCUT2D eigenvalue weighted by molar-refractivity contribution is -0.122. The van der Waals surface area contributed by atoms with Gasteiger partial charge < -0.3 is 10.6 Å². The van der Waals surface area contributed by atoms with Crippen molar-refractivity contribution >= 4 is 11.6 Å². The maximum atomic E-state index is 13.1. The highest BCUT2D eigenvalue weighted by Crippen LogP contribution is 2.24. The van der Waals surface area contributed by atoms with Crippen molar-refractivity contribution in [2.24, 2.45) is 0 Å². The van der Waals surface area contributed by atoms with Gasteiger partial charge in [-0.3, -0.25) is 4.79 Å². The summed E-state index contributed by atoms with van der Waals surface area (Å²) in [6, 6.07) is 15.3. The summed E-state index contributed by atoms with van der Waals surface area (Å²) in [4.78, 5) is 12.4. The van der Waals surface area contributed by atoms with Crippen molar-refractivity contribution < 1.29 is 9.18 Å². The molecule has 0 saturated heterocycles. The molecular formula is C17H17FN2O. The molecule has 0 aromatic heterocycles. The molecule has 1 fully saturated rings. The number of benzene rings is 2. The molecule has 3 rings (SSSR count). The van der Waals surface area contributed by atoms with Crippen molar-refractivity contribution in [3.63, 3.8) is 0 Å². The van der Waals surface area contributed by atoms with Crippen molar-refractivity contribution in [3.8, 4) is 0 Å². The summed E-state index contributed by atoms with van der Waals surface area (Å²) in [5.41, 5.74) is 1.61. The Kier molecular flexibility index (Phi) is 3.86. The summed E-state index contributed by atoms with van der Waals surface area (Å²) in [5.74, 6) is -0.382. The van der Waals surface area contributed by atoms with Crippen LogP contribution in [0.5, 0.6) is 0 Å². The molecule has 1 aliphatic carbocycles. The van der Waals surface area contributed by atoms with Crippen molar-refractivity contribution in [2.75, 3.05) is 5.32 Å². The molecular weight excluding hydrogens is 267 g/mol. The lowest BCUT2D eigenvalue weighted by atomic mass is 10.1. The van der Waals surface area contributed by atoms with E-state index in [0.717, 1.165) is 24.1 Å². The lowest BCUT2D eigenvalue weighted by Gasteiger charge is -2.20. The van der Waals surface area contributed by atoms with Gasteiger partial charge in [0.2, 0.25) is 5.91 Å². The van der Waals surface area contributed by atoms with E-state index in [0.29, 0.717) is 0 Å². The van der Waals surface area contributed by atoms with E-state index >= 15 is 0 Å². The Hall–Kier alpha value is -2.36. The minimum absolute atomic E-state index is 0.0760. The fourth-order valence-corrected chi connectivity index (χ4v) is 2.17. The Morgan fingerprint density at radius 3 is 2.33 bits per heavy atom.